The maximum Gasteiger partial charge on any atom is 0.0478 e. The number of hydrogen-bond acceptors (Lipinski definition) is 0. The van der Waals surface area contributed by atoms with Crippen LogP contribution in [0.1, 0.15) is 22.3 Å². The largest absolute Gasteiger partial charge is 0.0837 e. The molecule has 0 spiro atoms. The van der Waals surface area contributed by atoms with Gasteiger partial charge in [0.15, 0.2) is 0 Å². The van der Waals surface area contributed by atoms with Crippen LogP contribution < -0.4 is 0 Å². The summed E-state index contributed by atoms with van der Waals surface area (Å²) < 4.78 is 0. The van der Waals surface area contributed by atoms with Crippen molar-refractivity contribution in [3.05, 3.63) is 129 Å². The number of halogens is 2. The molecule has 0 unspecified atom stereocenters. The molecule has 0 nitrogen and oxygen atoms in total. The van der Waals surface area contributed by atoms with Gasteiger partial charge in [0.2, 0.25) is 0 Å². The normalized spacial score (nSPS) is 11.4. The van der Waals surface area contributed by atoms with Crippen molar-refractivity contribution in [1.29, 1.82) is 0 Å². The molecule has 0 bridgehead atoms. The molecule has 0 aliphatic carbocycles. The molecule has 2 heteroatoms. The molecule has 0 radical (unpaired) electrons. The third kappa shape index (κ3) is 5.10. The van der Waals surface area contributed by atoms with Crippen molar-refractivity contribution in [2.45, 2.75) is 0 Å². The Balaban J connectivity index is 1.46. The zero-order valence-corrected chi connectivity index (χ0v) is 17.8. The van der Waals surface area contributed by atoms with E-state index in [2.05, 4.69) is 60.7 Å². The van der Waals surface area contributed by atoms with Gasteiger partial charge in [0.05, 0.1) is 0 Å². The Morgan fingerprint density at radius 2 is 0.767 bits per heavy atom. The van der Waals surface area contributed by atoms with Gasteiger partial charge in [0.25, 0.3) is 0 Å². The zero-order chi connectivity index (χ0) is 20.8. The first-order valence-electron chi connectivity index (χ1n) is 9.75. The second-order valence-corrected chi connectivity index (χ2v) is 7.77. The van der Waals surface area contributed by atoms with Gasteiger partial charge in [-0.3, -0.25) is 0 Å². The van der Waals surface area contributed by atoms with Crippen LogP contribution in [0.3, 0.4) is 0 Å². The number of benzene rings is 4. The van der Waals surface area contributed by atoms with E-state index in [0.29, 0.717) is 0 Å². The van der Waals surface area contributed by atoms with Gasteiger partial charge >= 0.3 is 0 Å². The molecule has 0 heterocycles. The van der Waals surface area contributed by atoms with E-state index in [-0.39, 0.29) is 0 Å². The molecule has 4 aromatic rings. The van der Waals surface area contributed by atoms with E-state index in [1.54, 1.807) is 0 Å². The number of rotatable bonds is 5. The Bertz CT molecular complexity index is 1090. The molecule has 0 fully saturated rings. The molecule has 4 rings (SSSR count). The summed E-state index contributed by atoms with van der Waals surface area (Å²) in [6, 6.07) is 32.7. The Hall–Kier alpha value is -3.06. The van der Waals surface area contributed by atoms with Crippen molar-refractivity contribution in [2.75, 3.05) is 0 Å². The van der Waals surface area contributed by atoms with Gasteiger partial charge in [0.1, 0.15) is 0 Å². The first-order valence-corrected chi connectivity index (χ1v) is 10.5. The lowest BCUT2D eigenvalue weighted by Crippen LogP contribution is -1.80. The average molecular weight is 427 g/mol. The highest BCUT2D eigenvalue weighted by Crippen LogP contribution is 2.23. The third-order valence-electron chi connectivity index (χ3n) is 4.88. The number of hydrogen-bond donors (Lipinski definition) is 0. The van der Waals surface area contributed by atoms with Gasteiger partial charge in [0, 0.05) is 10.0 Å². The fourth-order valence-corrected chi connectivity index (χ4v) is 3.56. The molecule has 0 aliphatic heterocycles. The summed E-state index contributed by atoms with van der Waals surface area (Å²) in [5, 5.41) is 1.52. The summed E-state index contributed by atoms with van der Waals surface area (Å²) in [4.78, 5) is 0. The topological polar surface area (TPSA) is 0 Å². The van der Waals surface area contributed by atoms with Crippen LogP contribution in [0.15, 0.2) is 97.1 Å². The van der Waals surface area contributed by atoms with E-state index in [1.165, 1.54) is 11.1 Å². The minimum Gasteiger partial charge on any atom is -0.0837 e. The molecule has 0 amide bonds. The first-order chi connectivity index (χ1) is 14.7. The van der Waals surface area contributed by atoms with Crippen LogP contribution in [-0.2, 0) is 0 Å². The maximum atomic E-state index is 6.21. The zero-order valence-electron chi connectivity index (χ0n) is 16.3. The van der Waals surface area contributed by atoms with Crippen LogP contribution in [0, 0.1) is 0 Å². The summed E-state index contributed by atoms with van der Waals surface area (Å²) in [7, 11) is 0. The summed E-state index contributed by atoms with van der Waals surface area (Å²) in [6.07, 6.45) is 8.23. The van der Waals surface area contributed by atoms with E-state index in [4.69, 9.17) is 23.2 Å². The molecular weight excluding hydrogens is 407 g/mol. The minimum atomic E-state index is 0.758. The quantitative estimate of drug-likeness (QED) is 0.279. The van der Waals surface area contributed by atoms with E-state index < -0.39 is 0 Å². The van der Waals surface area contributed by atoms with Gasteiger partial charge in [-0.05, 0) is 45.5 Å². The summed E-state index contributed by atoms with van der Waals surface area (Å²) in [6.45, 7) is 0. The second-order valence-electron chi connectivity index (χ2n) is 6.95. The van der Waals surface area contributed by atoms with Crippen molar-refractivity contribution >= 4 is 47.5 Å². The van der Waals surface area contributed by atoms with Gasteiger partial charge in [-0.15, -0.1) is 0 Å². The van der Waals surface area contributed by atoms with Crippen LogP contribution >= 0.6 is 23.2 Å². The Kier molecular flexibility index (Phi) is 6.49. The molecule has 0 saturated heterocycles. The molecule has 0 aromatic heterocycles. The maximum absolute atomic E-state index is 6.21. The van der Waals surface area contributed by atoms with E-state index >= 15 is 0 Å². The van der Waals surface area contributed by atoms with Gasteiger partial charge in [-0.25, -0.2) is 0 Å². The predicted molar refractivity (Wildman–Crippen MR) is 133 cm³/mol. The molecule has 0 N–H and O–H groups in total. The predicted octanol–water partition coefficient (Wildman–Crippen LogP) is 9.00. The van der Waals surface area contributed by atoms with Crippen LogP contribution in [0.25, 0.3) is 35.4 Å². The smallest absolute Gasteiger partial charge is 0.0478 e. The molecule has 0 aliphatic rings. The van der Waals surface area contributed by atoms with Crippen LogP contribution in [0.5, 0.6) is 0 Å². The van der Waals surface area contributed by atoms with Gasteiger partial charge in [-0.1, -0.05) is 132 Å². The van der Waals surface area contributed by atoms with E-state index in [9.17, 15) is 0 Å². The Morgan fingerprint density at radius 1 is 0.400 bits per heavy atom. The molecule has 0 saturated carbocycles. The highest BCUT2D eigenvalue weighted by Gasteiger charge is 1.99. The monoisotopic (exact) mass is 426 g/mol. The summed E-state index contributed by atoms with van der Waals surface area (Å²) in [5.41, 5.74) is 6.68. The van der Waals surface area contributed by atoms with Gasteiger partial charge in [-0.2, -0.15) is 0 Å². The minimum absolute atomic E-state index is 0.758. The third-order valence-corrected chi connectivity index (χ3v) is 5.56. The molecule has 30 heavy (non-hydrogen) atoms. The fourth-order valence-electron chi connectivity index (χ4n) is 3.17. The fraction of sp³-hybridized carbons (Fsp3) is 0. The van der Waals surface area contributed by atoms with Crippen LogP contribution in [-0.4, -0.2) is 0 Å². The lowest BCUT2D eigenvalue weighted by molar-refractivity contribution is 1.58. The molecule has 0 atom stereocenters. The van der Waals surface area contributed by atoms with Crippen molar-refractivity contribution in [2.24, 2.45) is 0 Å². The lowest BCUT2D eigenvalue weighted by Gasteiger charge is -2.04. The summed E-state index contributed by atoms with van der Waals surface area (Å²) in [5.74, 6) is 0. The van der Waals surface area contributed by atoms with Crippen molar-refractivity contribution in [1.82, 2.24) is 0 Å². The highest BCUT2D eigenvalue weighted by atomic mass is 35.5. The van der Waals surface area contributed by atoms with Gasteiger partial charge < -0.3 is 0 Å². The van der Waals surface area contributed by atoms with Crippen molar-refractivity contribution < 1.29 is 0 Å². The lowest BCUT2D eigenvalue weighted by atomic mass is 10.0. The average Bonchev–Trinajstić information content (AvgIpc) is 2.79. The first kappa shape index (κ1) is 20.2. The SMILES string of the molecule is Clc1ccccc1/C=C/c1ccc(-c2ccc(/C=C/c3ccccc3Cl)cc2)cc1. The van der Waals surface area contributed by atoms with E-state index in [1.807, 2.05) is 60.7 Å². The molecule has 146 valence electrons. The standard InChI is InChI=1S/C28H20Cl2/c29-27-7-3-1-5-25(27)19-13-21-9-15-23(16-10-21)24-17-11-22(12-18-24)14-20-26-6-2-4-8-28(26)30/h1-20H/b19-13+,20-14+. The van der Waals surface area contributed by atoms with Crippen molar-refractivity contribution in [3.63, 3.8) is 0 Å². The van der Waals surface area contributed by atoms with E-state index in [0.717, 1.165) is 32.3 Å². The Morgan fingerprint density at radius 3 is 1.13 bits per heavy atom. The summed E-state index contributed by atoms with van der Waals surface area (Å²) >= 11 is 12.4. The van der Waals surface area contributed by atoms with Crippen LogP contribution in [0.4, 0.5) is 0 Å². The highest BCUT2D eigenvalue weighted by molar-refractivity contribution is 6.32. The second kappa shape index (κ2) is 9.63. The molecular formula is C28H20Cl2. The Labute approximate surface area is 187 Å². The van der Waals surface area contributed by atoms with Crippen LogP contribution in [0.2, 0.25) is 10.0 Å². The van der Waals surface area contributed by atoms with Crippen molar-refractivity contribution in [3.8, 4) is 11.1 Å². The molecule has 4 aromatic carbocycles.